The zero-order chi connectivity index (χ0) is 13.6. The van der Waals surface area contributed by atoms with E-state index in [0.717, 1.165) is 25.9 Å². The Morgan fingerprint density at radius 1 is 1.44 bits per heavy atom. The Morgan fingerprint density at radius 2 is 2.17 bits per heavy atom. The Morgan fingerprint density at radius 3 is 2.72 bits per heavy atom. The molecule has 0 saturated carbocycles. The molecule has 6 heteroatoms. The van der Waals surface area contributed by atoms with Crippen molar-refractivity contribution in [2.75, 3.05) is 31.1 Å². The summed E-state index contributed by atoms with van der Waals surface area (Å²) in [6, 6.07) is 0. The molecule has 1 atom stereocenters. The first kappa shape index (κ1) is 15.4. The third kappa shape index (κ3) is 6.35. The van der Waals surface area contributed by atoms with Crippen LogP contribution in [0.25, 0.3) is 0 Å². The van der Waals surface area contributed by atoms with Gasteiger partial charge in [0.25, 0.3) is 0 Å². The second kappa shape index (κ2) is 7.09. The van der Waals surface area contributed by atoms with Crippen LogP contribution in [0, 0.1) is 11.8 Å². The number of carbonyl (C=O) groups excluding carboxylic acids is 1. The third-order valence-corrected chi connectivity index (χ3v) is 4.85. The van der Waals surface area contributed by atoms with Crippen LogP contribution in [0.2, 0.25) is 0 Å². The first-order chi connectivity index (χ1) is 8.39. The van der Waals surface area contributed by atoms with Crippen molar-refractivity contribution < 1.29 is 13.2 Å². The third-order valence-electron chi connectivity index (χ3n) is 2.98. The summed E-state index contributed by atoms with van der Waals surface area (Å²) >= 11 is 0. The van der Waals surface area contributed by atoms with Crippen LogP contribution in [0.4, 0.5) is 0 Å². The number of carbonyl (C=O) groups is 1. The van der Waals surface area contributed by atoms with Gasteiger partial charge in [-0.3, -0.25) is 4.79 Å². The zero-order valence-electron chi connectivity index (χ0n) is 11.2. The van der Waals surface area contributed by atoms with E-state index >= 15 is 0 Å². The van der Waals surface area contributed by atoms with E-state index in [1.54, 1.807) is 0 Å². The van der Waals surface area contributed by atoms with E-state index < -0.39 is 9.84 Å². The highest BCUT2D eigenvalue weighted by molar-refractivity contribution is 7.92. The average molecular weight is 276 g/mol. The fourth-order valence-electron chi connectivity index (χ4n) is 2.19. The quantitative estimate of drug-likeness (QED) is 0.695. The minimum absolute atomic E-state index is 0.0624. The maximum Gasteiger partial charge on any atom is 0.235 e. The Balaban J connectivity index is 2.20. The minimum Gasteiger partial charge on any atom is -0.355 e. The maximum atomic E-state index is 11.6. The predicted molar refractivity (Wildman–Crippen MR) is 72.1 cm³/mol. The summed E-state index contributed by atoms with van der Waals surface area (Å²) in [4.78, 5) is 11.5. The number of sulfone groups is 1. The van der Waals surface area contributed by atoms with Gasteiger partial charge in [0, 0.05) is 6.54 Å². The molecule has 0 aromatic heterocycles. The summed E-state index contributed by atoms with van der Waals surface area (Å²) < 4.78 is 23.2. The molecule has 1 fully saturated rings. The fourth-order valence-corrected chi connectivity index (χ4v) is 3.83. The molecule has 0 aliphatic carbocycles. The molecule has 1 amide bonds. The van der Waals surface area contributed by atoms with Gasteiger partial charge in [-0.1, -0.05) is 13.8 Å². The van der Waals surface area contributed by atoms with E-state index in [4.69, 9.17) is 0 Å². The Kier molecular flexibility index (Phi) is 6.08. The van der Waals surface area contributed by atoms with Gasteiger partial charge in [0.1, 0.15) is 5.75 Å². The van der Waals surface area contributed by atoms with Gasteiger partial charge in [0.2, 0.25) is 5.91 Å². The van der Waals surface area contributed by atoms with Crippen molar-refractivity contribution >= 4 is 15.7 Å². The zero-order valence-corrected chi connectivity index (χ0v) is 12.1. The van der Waals surface area contributed by atoms with E-state index in [-0.39, 0.29) is 23.3 Å². The smallest absolute Gasteiger partial charge is 0.235 e. The van der Waals surface area contributed by atoms with Crippen molar-refractivity contribution in [2.45, 2.75) is 26.7 Å². The van der Waals surface area contributed by atoms with Crippen molar-refractivity contribution in [3.8, 4) is 0 Å². The highest BCUT2D eigenvalue weighted by atomic mass is 32.2. The highest BCUT2D eigenvalue weighted by Gasteiger charge is 2.19. The average Bonchev–Trinajstić information content (AvgIpc) is 2.66. The van der Waals surface area contributed by atoms with E-state index in [2.05, 4.69) is 10.6 Å². The van der Waals surface area contributed by atoms with Crippen LogP contribution >= 0.6 is 0 Å². The van der Waals surface area contributed by atoms with E-state index in [1.165, 1.54) is 0 Å². The molecule has 2 N–H and O–H groups in total. The largest absolute Gasteiger partial charge is 0.355 e. The molecule has 0 aromatic carbocycles. The molecule has 5 nitrogen and oxygen atoms in total. The number of hydrogen-bond donors (Lipinski definition) is 2. The van der Waals surface area contributed by atoms with Gasteiger partial charge in [-0.05, 0) is 37.8 Å². The fraction of sp³-hybridized carbons (Fsp3) is 0.917. The molecule has 1 unspecified atom stereocenters. The van der Waals surface area contributed by atoms with Crippen LogP contribution in [0.5, 0.6) is 0 Å². The Bertz CT molecular complexity index is 360. The van der Waals surface area contributed by atoms with Gasteiger partial charge < -0.3 is 10.6 Å². The molecule has 1 aliphatic heterocycles. The van der Waals surface area contributed by atoms with E-state index in [0.29, 0.717) is 12.5 Å². The molecule has 0 bridgehead atoms. The van der Waals surface area contributed by atoms with Gasteiger partial charge in [-0.2, -0.15) is 0 Å². The summed E-state index contributed by atoms with van der Waals surface area (Å²) in [7, 11) is -3.25. The molecule has 1 rings (SSSR count). The standard InChI is InChI=1S/C12H24N2O3S/c1-10(2)8-18(16,17)9-12(15)14-6-4-11-3-5-13-7-11/h10-11,13H,3-9H2,1-2H3,(H,14,15). The number of hydrogen-bond acceptors (Lipinski definition) is 4. The lowest BCUT2D eigenvalue weighted by molar-refractivity contribution is -0.118. The lowest BCUT2D eigenvalue weighted by Crippen LogP contribution is -2.33. The van der Waals surface area contributed by atoms with Crippen molar-refractivity contribution in [1.82, 2.24) is 10.6 Å². The molecule has 0 aromatic rings. The Hall–Kier alpha value is -0.620. The molecule has 106 valence electrons. The SMILES string of the molecule is CC(C)CS(=O)(=O)CC(=O)NCCC1CCNC1. The van der Waals surface area contributed by atoms with Crippen molar-refractivity contribution in [2.24, 2.45) is 11.8 Å². The molecule has 0 spiro atoms. The lowest BCUT2D eigenvalue weighted by atomic mass is 10.1. The second-order valence-corrected chi connectivity index (χ2v) is 7.56. The molecule has 0 radical (unpaired) electrons. The summed E-state index contributed by atoms with van der Waals surface area (Å²) in [5.74, 6) is -0.00678. The van der Waals surface area contributed by atoms with E-state index in [1.807, 2.05) is 13.8 Å². The molecule has 1 saturated heterocycles. The molecular formula is C12H24N2O3S. The molecular weight excluding hydrogens is 252 g/mol. The van der Waals surface area contributed by atoms with Gasteiger partial charge in [0.05, 0.1) is 5.75 Å². The van der Waals surface area contributed by atoms with Gasteiger partial charge in [-0.25, -0.2) is 8.42 Å². The minimum atomic E-state index is -3.25. The van der Waals surface area contributed by atoms with Gasteiger partial charge in [-0.15, -0.1) is 0 Å². The monoisotopic (exact) mass is 276 g/mol. The summed E-state index contributed by atoms with van der Waals surface area (Å²) in [5.41, 5.74) is 0. The van der Waals surface area contributed by atoms with Gasteiger partial charge in [0.15, 0.2) is 9.84 Å². The summed E-state index contributed by atoms with van der Waals surface area (Å²) in [5, 5.41) is 5.95. The highest BCUT2D eigenvalue weighted by Crippen LogP contribution is 2.10. The van der Waals surface area contributed by atoms with E-state index in [9.17, 15) is 13.2 Å². The number of nitrogens with one attached hydrogen (secondary N) is 2. The number of rotatable bonds is 7. The summed E-state index contributed by atoms with van der Waals surface area (Å²) in [6.07, 6.45) is 2.06. The van der Waals surface area contributed by atoms with Crippen molar-refractivity contribution in [3.63, 3.8) is 0 Å². The first-order valence-corrected chi connectivity index (χ1v) is 8.39. The maximum absolute atomic E-state index is 11.6. The summed E-state index contributed by atoms with van der Waals surface area (Å²) in [6.45, 7) is 6.29. The second-order valence-electron chi connectivity index (χ2n) is 5.45. The van der Waals surface area contributed by atoms with Gasteiger partial charge >= 0.3 is 0 Å². The van der Waals surface area contributed by atoms with Crippen molar-refractivity contribution in [1.29, 1.82) is 0 Å². The van der Waals surface area contributed by atoms with Crippen LogP contribution in [0.1, 0.15) is 26.7 Å². The van der Waals surface area contributed by atoms with Crippen LogP contribution in [-0.2, 0) is 14.6 Å². The van der Waals surface area contributed by atoms with Crippen molar-refractivity contribution in [3.05, 3.63) is 0 Å². The predicted octanol–water partition coefficient (Wildman–Crippen LogP) is 0.173. The normalized spacial score (nSPS) is 20.3. The first-order valence-electron chi connectivity index (χ1n) is 6.57. The van der Waals surface area contributed by atoms with Crippen LogP contribution in [0.3, 0.4) is 0 Å². The molecule has 18 heavy (non-hydrogen) atoms. The number of amides is 1. The van der Waals surface area contributed by atoms with Crippen LogP contribution in [-0.4, -0.2) is 45.5 Å². The lowest BCUT2D eigenvalue weighted by Gasteiger charge is -2.10. The van der Waals surface area contributed by atoms with Crippen LogP contribution in [0.15, 0.2) is 0 Å². The molecule has 1 heterocycles. The van der Waals surface area contributed by atoms with Crippen LogP contribution < -0.4 is 10.6 Å². The topological polar surface area (TPSA) is 75.3 Å². The Labute approximate surface area is 110 Å². The molecule has 1 aliphatic rings.